The van der Waals surface area contributed by atoms with Crippen LogP contribution >= 0.6 is 0 Å². The molecule has 0 rings (SSSR count). The molecule has 2 heteroatoms. The average molecular weight is 266 g/mol. The summed E-state index contributed by atoms with van der Waals surface area (Å²) in [7, 11) is 0. The Kier molecular flexibility index (Phi) is 10.2. The molecular weight excluding hydrogens is 236 g/mol. The number of hydrogen-bond donors (Lipinski definition) is 1. The fourth-order valence-corrected chi connectivity index (χ4v) is 2.30. The van der Waals surface area contributed by atoms with Crippen LogP contribution < -0.4 is 0 Å². The lowest BCUT2D eigenvalue weighted by Gasteiger charge is -2.12. The molecule has 0 aliphatic carbocycles. The van der Waals surface area contributed by atoms with Crippen molar-refractivity contribution in [1.29, 1.82) is 0 Å². The molecule has 0 aromatic carbocycles. The van der Waals surface area contributed by atoms with E-state index in [9.17, 15) is 4.79 Å². The summed E-state index contributed by atoms with van der Waals surface area (Å²) in [6.07, 6.45) is 12.8. The molecule has 0 bridgehead atoms. The topological polar surface area (TPSA) is 37.3 Å². The number of carboxylic acid groups (broad SMARTS) is 1. The van der Waals surface area contributed by atoms with Crippen molar-refractivity contribution in [3.8, 4) is 0 Å². The van der Waals surface area contributed by atoms with Crippen LogP contribution in [0.25, 0.3) is 0 Å². The van der Waals surface area contributed by atoms with Gasteiger partial charge in [0, 0.05) is 6.08 Å². The lowest BCUT2D eigenvalue weighted by atomic mass is 9.94. The Morgan fingerprint density at radius 2 is 1.79 bits per heavy atom. The smallest absolute Gasteiger partial charge is 0.328 e. The minimum Gasteiger partial charge on any atom is -0.478 e. The van der Waals surface area contributed by atoms with E-state index in [1.165, 1.54) is 38.2 Å². The first-order chi connectivity index (χ1) is 8.95. The van der Waals surface area contributed by atoms with E-state index in [2.05, 4.69) is 26.8 Å². The van der Waals surface area contributed by atoms with Crippen molar-refractivity contribution in [2.75, 3.05) is 0 Å². The third kappa shape index (κ3) is 11.8. The van der Waals surface area contributed by atoms with Crippen molar-refractivity contribution in [3.05, 3.63) is 23.8 Å². The maximum absolute atomic E-state index is 10.5. The standard InChI is InChI=1S/C17H30O2/c1-5-8-14(2)9-6-10-15(3)11-7-12-16(4)13-17(18)19/h7,12-15H,5-6,8-11H2,1-4H3,(H,18,19)/b12-7+,16-13+. The zero-order valence-corrected chi connectivity index (χ0v) is 13.0. The van der Waals surface area contributed by atoms with E-state index < -0.39 is 5.97 Å². The molecule has 0 radical (unpaired) electrons. The van der Waals surface area contributed by atoms with Gasteiger partial charge in [0.05, 0.1) is 0 Å². The van der Waals surface area contributed by atoms with Gasteiger partial charge < -0.3 is 5.11 Å². The quantitative estimate of drug-likeness (QED) is 0.435. The lowest BCUT2D eigenvalue weighted by molar-refractivity contribution is -0.131. The Bertz CT molecular complexity index is 302. The molecule has 0 aliphatic rings. The molecule has 110 valence electrons. The molecule has 0 fully saturated rings. The molecule has 0 aliphatic heterocycles. The molecule has 0 heterocycles. The molecule has 0 saturated carbocycles. The van der Waals surface area contributed by atoms with Gasteiger partial charge in [-0.15, -0.1) is 0 Å². The van der Waals surface area contributed by atoms with Gasteiger partial charge in [-0.1, -0.05) is 65.0 Å². The Labute approximate surface area is 118 Å². The summed E-state index contributed by atoms with van der Waals surface area (Å²) in [5.41, 5.74) is 0.802. The van der Waals surface area contributed by atoms with Gasteiger partial charge in [-0.2, -0.15) is 0 Å². The largest absolute Gasteiger partial charge is 0.478 e. The zero-order chi connectivity index (χ0) is 14.7. The highest BCUT2D eigenvalue weighted by Gasteiger charge is 2.03. The molecule has 0 aromatic heterocycles. The fraction of sp³-hybridized carbons (Fsp3) is 0.706. The highest BCUT2D eigenvalue weighted by atomic mass is 16.4. The number of carboxylic acids is 1. The molecule has 0 spiro atoms. The molecular formula is C17H30O2. The highest BCUT2D eigenvalue weighted by molar-refractivity contribution is 5.81. The van der Waals surface area contributed by atoms with Crippen LogP contribution in [0.2, 0.25) is 0 Å². The van der Waals surface area contributed by atoms with E-state index in [1.54, 1.807) is 0 Å². The number of rotatable bonds is 10. The molecule has 2 nitrogen and oxygen atoms in total. The second-order valence-electron chi connectivity index (χ2n) is 5.79. The molecule has 2 unspecified atom stereocenters. The number of aliphatic carboxylic acids is 1. The van der Waals surface area contributed by atoms with Gasteiger partial charge in [0.2, 0.25) is 0 Å². The normalized spacial score (nSPS) is 15.7. The highest BCUT2D eigenvalue weighted by Crippen LogP contribution is 2.18. The van der Waals surface area contributed by atoms with E-state index in [0.29, 0.717) is 5.92 Å². The molecule has 0 amide bonds. The number of carbonyl (C=O) groups is 1. The van der Waals surface area contributed by atoms with Crippen molar-refractivity contribution in [3.63, 3.8) is 0 Å². The maximum atomic E-state index is 10.5. The van der Waals surface area contributed by atoms with Crippen molar-refractivity contribution < 1.29 is 9.90 Å². The van der Waals surface area contributed by atoms with Crippen LogP contribution in [0, 0.1) is 11.8 Å². The summed E-state index contributed by atoms with van der Waals surface area (Å²) < 4.78 is 0. The van der Waals surface area contributed by atoms with Gasteiger partial charge in [-0.3, -0.25) is 0 Å². The number of allylic oxidation sites excluding steroid dienone is 3. The lowest BCUT2D eigenvalue weighted by Crippen LogP contribution is -1.97. The molecule has 1 N–H and O–H groups in total. The van der Waals surface area contributed by atoms with Crippen LogP contribution in [0.15, 0.2) is 23.8 Å². The van der Waals surface area contributed by atoms with E-state index >= 15 is 0 Å². The van der Waals surface area contributed by atoms with Crippen LogP contribution in [-0.4, -0.2) is 11.1 Å². The van der Waals surface area contributed by atoms with E-state index in [0.717, 1.165) is 17.9 Å². The number of hydrogen-bond acceptors (Lipinski definition) is 1. The monoisotopic (exact) mass is 266 g/mol. The predicted molar refractivity (Wildman–Crippen MR) is 82.2 cm³/mol. The Morgan fingerprint density at radius 1 is 1.16 bits per heavy atom. The van der Waals surface area contributed by atoms with Crippen LogP contribution in [0.4, 0.5) is 0 Å². The van der Waals surface area contributed by atoms with Crippen LogP contribution in [0.5, 0.6) is 0 Å². The minimum atomic E-state index is -0.875. The average Bonchev–Trinajstić information content (AvgIpc) is 2.28. The first kappa shape index (κ1) is 17.9. The van der Waals surface area contributed by atoms with Crippen molar-refractivity contribution in [2.24, 2.45) is 11.8 Å². The van der Waals surface area contributed by atoms with Gasteiger partial charge in [-0.25, -0.2) is 4.79 Å². The van der Waals surface area contributed by atoms with Crippen LogP contribution in [0.3, 0.4) is 0 Å². The van der Waals surface area contributed by atoms with Gasteiger partial charge in [0.1, 0.15) is 0 Å². The SMILES string of the molecule is CCCC(C)CCCC(C)C/C=C/C(C)=C/C(=O)O. The van der Waals surface area contributed by atoms with E-state index in [4.69, 9.17) is 5.11 Å². The zero-order valence-electron chi connectivity index (χ0n) is 13.0. The Balaban J connectivity index is 3.78. The van der Waals surface area contributed by atoms with Crippen molar-refractivity contribution in [1.82, 2.24) is 0 Å². The first-order valence-electron chi connectivity index (χ1n) is 7.53. The molecule has 0 saturated heterocycles. The first-order valence-corrected chi connectivity index (χ1v) is 7.53. The molecule has 0 aromatic rings. The van der Waals surface area contributed by atoms with E-state index in [1.807, 2.05) is 13.0 Å². The van der Waals surface area contributed by atoms with Crippen molar-refractivity contribution >= 4 is 5.97 Å². The van der Waals surface area contributed by atoms with Gasteiger partial charge >= 0.3 is 5.97 Å². The van der Waals surface area contributed by atoms with Crippen LogP contribution in [0.1, 0.15) is 66.2 Å². The minimum absolute atomic E-state index is 0.683. The Morgan fingerprint density at radius 3 is 2.37 bits per heavy atom. The second kappa shape index (κ2) is 10.8. The summed E-state index contributed by atoms with van der Waals surface area (Å²) in [4.78, 5) is 10.5. The van der Waals surface area contributed by atoms with Crippen molar-refractivity contribution in [2.45, 2.75) is 66.2 Å². The summed E-state index contributed by atoms with van der Waals surface area (Å²) in [5.74, 6) is 0.663. The summed E-state index contributed by atoms with van der Waals surface area (Å²) in [6.45, 7) is 8.68. The fourth-order valence-electron chi connectivity index (χ4n) is 2.30. The summed E-state index contributed by atoms with van der Waals surface area (Å²) >= 11 is 0. The summed E-state index contributed by atoms with van der Waals surface area (Å²) in [5, 5.41) is 8.59. The third-order valence-electron chi connectivity index (χ3n) is 3.45. The Hall–Kier alpha value is -1.05. The predicted octanol–water partition coefficient (Wildman–Crippen LogP) is 5.21. The van der Waals surface area contributed by atoms with Crippen LogP contribution in [-0.2, 0) is 4.79 Å². The van der Waals surface area contributed by atoms with Gasteiger partial charge in [0.25, 0.3) is 0 Å². The molecule has 2 atom stereocenters. The second-order valence-corrected chi connectivity index (χ2v) is 5.79. The van der Waals surface area contributed by atoms with E-state index in [-0.39, 0.29) is 0 Å². The maximum Gasteiger partial charge on any atom is 0.328 e. The summed E-state index contributed by atoms with van der Waals surface area (Å²) in [6, 6.07) is 0. The van der Waals surface area contributed by atoms with Gasteiger partial charge in [-0.05, 0) is 30.8 Å². The third-order valence-corrected chi connectivity index (χ3v) is 3.45. The van der Waals surface area contributed by atoms with Gasteiger partial charge in [0.15, 0.2) is 0 Å². The molecule has 19 heavy (non-hydrogen) atoms.